The van der Waals surface area contributed by atoms with E-state index in [0.717, 1.165) is 0 Å². The number of urea groups is 1. The highest BCUT2D eigenvalue weighted by atomic mass is 35.5. The molecule has 0 radical (unpaired) electrons. The van der Waals surface area contributed by atoms with Gasteiger partial charge in [-0.05, 0) is 23.8 Å². The van der Waals surface area contributed by atoms with E-state index in [-0.39, 0.29) is 6.42 Å². The Morgan fingerprint density at radius 3 is 2.29 bits per heavy atom. The zero-order chi connectivity index (χ0) is 20.5. The molecule has 0 heterocycles. The number of nitrogens with two attached hydrogens (primary N) is 1. The van der Waals surface area contributed by atoms with Crippen LogP contribution in [0.2, 0.25) is 5.02 Å². The van der Waals surface area contributed by atoms with Gasteiger partial charge in [-0.15, -0.1) is 0 Å². The Bertz CT molecular complexity index is 873. The summed E-state index contributed by atoms with van der Waals surface area (Å²) in [6, 6.07) is 13.1. The van der Waals surface area contributed by atoms with Gasteiger partial charge in [-0.2, -0.15) is 0 Å². The molecule has 8 nitrogen and oxygen atoms in total. The van der Waals surface area contributed by atoms with Gasteiger partial charge in [-0.1, -0.05) is 48.0 Å². The Hall–Kier alpha value is -3.39. The number of imide groups is 1. The number of esters is 1. The van der Waals surface area contributed by atoms with Gasteiger partial charge in [0.2, 0.25) is 0 Å². The number of benzene rings is 2. The van der Waals surface area contributed by atoms with Crippen LogP contribution < -0.4 is 16.4 Å². The molecular weight excluding hydrogens is 386 g/mol. The van der Waals surface area contributed by atoms with E-state index < -0.39 is 36.5 Å². The van der Waals surface area contributed by atoms with Gasteiger partial charge in [0.15, 0.2) is 6.61 Å². The lowest BCUT2D eigenvalue weighted by atomic mass is 10.0. The lowest BCUT2D eigenvalue weighted by molar-refractivity contribution is -0.148. The Kier molecular flexibility index (Phi) is 7.53. The normalized spacial score (nSPS) is 11.2. The number of amides is 4. The van der Waals surface area contributed by atoms with Gasteiger partial charge in [0, 0.05) is 10.6 Å². The predicted molar refractivity (Wildman–Crippen MR) is 101 cm³/mol. The molecule has 0 unspecified atom stereocenters. The molecule has 2 aromatic carbocycles. The summed E-state index contributed by atoms with van der Waals surface area (Å²) in [5.74, 6) is -2.16. The minimum atomic E-state index is -0.844. The summed E-state index contributed by atoms with van der Waals surface area (Å²) in [5, 5.41) is 4.85. The van der Waals surface area contributed by atoms with Crippen LogP contribution in [0.15, 0.2) is 54.6 Å². The van der Waals surface area contributed by atoms with Crippen molar-refractivity contribution in [3.63, 3.8) is 0 Å². The maximum absolute atomic E-state index is 12.1. The van der Waals surface area contributed by atoms with Crippen LogP contribution in [0.5, 0.6) is 0 Å². The van der Waals surface area contributed by atoms with Gasteiger partial charge in [0.25, 0.3) is 11.8 Å². The monoisotopic (exact) mass is 403 g/mol. The van der Waals surface area contributed by atoms with E-state index in [9.17, 15) is 19.2 Å². The zero-order valence-corrected chi connectivity index (χ0v) is 15.4. The molecule has 0 saturated heterocycles. The first kappa shape index (κ1) is 20.9. The second-order valence-electron chi connectivity index (χ2n) is 5.69. The van der Waals surface area contributed by atoms with E-state index in [0.29, 0.717) is 16.1 Å². The standard InChI is InChI=1S/C19H18ClN3O5/c20-14-9-5-4-8-13(14)15(22-19(21)27)10-17(25)28-11-16(24)23-18(26)12-6-2-1-3-7-12/h1-9,15H,10-11H2,(H3,21,22,27)(H,23,24,26)/t15-/m1/s1. The minimum absolute atomic E-state index is 0.298. The van der Waals surface area contributed by atoms with Crippen molar-refractivity contribution in [2.45, 2.75) is 12.5 Å². The Labute approximate surface area is 166 Å². The third-order valence-corrected chi connectivity index (χ3v) is 3.97. The molecule has 1 atom stereocenters. The van der Waals surface area contributed by atoms with Gasteiger partial charge in [0.05, 0.1) is 12.5 Å². The number of halogens is 1. The lowest BCUT2D eigenvalue weighted by Crippen LogP contribution is -2.36. The summed E-state index contributed by atoms with van der Waals surface area (Å²) in [5.41, 5.74) is 5.92. The lowest BCUT2D eigenvalue weighted by Gasteiger charge is -2.18. The van der Waals surface area contributed by atoms with Crippen LogP contribution in [0.4, 0.5) is 4.79 Å². The molecule has 4 amide bonds. The average Bonchev–Trinajstić information content (AvgIpc) is 2.66. The number of hydrogen-bond acceptors (Lipinski definition) is 5. The molecule has 2 rings (SSSR count). The first-order valence-electron chi connectivity index (χ1n) is 8.22. The summed E-state index contributed by atoms with van der Waals surface area (Å²) >= 11 is 6.08. The third-order valence-electron chi connectivity index (χ3n) is 3.62. The number of nitrogens with one attached hydrogen (secondary N) is 2. The minimum Gasteiger partial charge on any atom is -0.455 e. The van der Waals surface area contributed by atoms with Gasteiger partial charge in [-0.3, -0.25) is 19.7 Å². The van der Waals surface area contributed by atoms with E-state index in [2.05, 4.69) is 10.6 Å². The van der Waals surface area contributed by atoms with Crippen LogP contribution in [-0.4, -0.2) is 30.4 Å². The van der Waals surface area contributed by atoms with Crippen molar-refractivity contribution >= 4 is 35.4 Å². The molecule has 2 aromatic rings. The summed E-state index contributed by atoms with van der Waals surface area (Å²) < 4.78 is 4.88. The van der Waals surface area contributed by atoms with Crippen molar-refractivity contribution in [3.8, 4) is 0 Å². The molecular formula is C19H18ClN3O5. The van der Waals surface area contributed by atoms with Crippen molar-refractivity contribution in [1.82, 2.24) is 10.6 Å². The quantitative estimate of drug-likeness (QED) is 0.608. The van der Waals surface area contributed by atoms with Gasteiger partial charge >= 0.3 is 12.0 Å². The van der Waals surface area contributed by atoms with Crippen molar-refractivity contribution < 1.29 is 23.9 Å². The number of hydrogen-bond donors (Lipinski definition) is 3. The number of ether oxygens (including phenoxy) is 1. The highest BCUT2D eigenvalue weighted by Crippen LogP contribution is 2.25. The van der Waals surface area contributed by atoms with E-state index in [1.807, 2.05) is 0 Å². The Morgan fingerprint density at radius 2 is 1.64 bits per heavy atom. The summed E-state index contributed by atoms with van der Waals surface area (Å²) in [6.45, 7) is -0.650. The SMILES string of the molecule is NC(=O)N[C@H](CC(=O)OCC(=O)NC(=O)c1ccccc1)c1ccccc1Cl. The summed E-state index contributed by atoms with van der Waals surface area (Å²) in [6.07, 6.45) is -0.299. The number of carbonyl (C=O) groups is 4. The second kappa shape index (κ2) is 10.1. The zero-order valence-electron chi connectivity index (χ0n) is 14.7. The third kappa shape index (κ3) is 6.40. The van der Waals surface area contributed by atoms with E-state index >= 15 is 0 Å². The highest BCUT2D eigenvalue weighted by Gasteiger charge is 2.21. The number of carbonyl (C=O) groups excluding carboxylic acids is 4. The molecule has 9 heteroatoms. The van der Waals surface area contributed by atoms with Gasteiger partial charge < -0.3 is 15.8 Å². The first-order chi connectivity index (χ1) is 13.4. The largest absolute Gasteiger partial charge is 0.455 e. The summed E-state index contributed by atoms with van der Waals surface area (Å²) in [4.78, 5) is 46.9. The molecule has 0 aliphatic heterocycles. The van der Waals surface area contributed by atoms with E-state index in [1.54, 1.807) is 54.6 Å². The highest BCUT2D eigenvalue weighted by molar-refractivity contribution is 6.31. The predicted octanol–water partition coefficient (Wildman–Crippen LogP) is 1.94. The topological polar surface area (TPSA) is 128 Å². The van der Waals surface area contributed by atoms with Crippen LogP contribution in [0, 0.1) is 0 Å². The molecule has 0 bridgehead atoms. The van der Waals surface area contributed by atoms with Crippen molar-refractivity contribution in [2.75, 3.05) is 6.61 Å². The molecule has 0 spiro atoms. The molecule has 4 N–H and O–H groups in total. The fourth-order valence-electron chi connectivity index (χ4n) is 2.36. The second-order valence-corrected chi connectivity index (χ2v) is 6.10. The van der Waals surface area contributed by atoms with Crippen LogP contribution in [-0.2, 0) is 14.3 Å². The average molecular weight is 404 g/mol. The fourth-order valence-corrected chi connectivity index (χ4v) is 2.63. The van der Waals surface area contributed by atoms with Crippen LogP contribution >= 0.6 is 11.6 Å². The molecule has 0 aliphatic rings. The van der Waals surface area contributed by atoms with Gasteiger partial charge in [0.1, 0.15) is 0 Å². The van der Waals surface area contributed by atoms with E-state index in [4.69, 9.17) is 22.1 Å². The smallest absolute Gasteiger partial charge is 0.312 e. The molecule has 28 heavy (non-hydrogen) atoms. The van der Waals surface area contributed by atoms with Crippen molar-refractivity contribution in [3.05, 3.63) is 70.7 Å². The number of rotatable bonds is 7. The van der Waals surface area contributed by atoms with Crippen molar-refractivity contribution in [1.29, 1.82) is 0 Å². The fraction of sp³-hybridized carbons (Fsp3) is 0.158. The Balaban J connectivity index is 1.90. The van der Waals surface area contributed by atoms with Crippen LogP contribution in [0.1, 0.15) is 28.4 Å². The van der Waals surface area contributed by atoms with Crippen LogP contribution in [0.25, 0.3) is 0 Å². The molecule has 0 saturated carbocycles. The van der Waals surface area contributed by atoms with Crippen LogP contribution in [0.3, 0.4) is 0 Å². The maximum Gasteiger partial charge on any atom is 0.312 e. The first-order valence-corrected chi connectivity index (χ1v) is 8.60. The van der Waals surface area contributed by atoms with Crippen molar-refractivity contribution in [2.24, 2.45) is 5.73 Å². The van der Waals surface area contributed by atoms with E-state index in [1.165, 1.54) is 0 Å². The molecule has 146 valence electrons. The maximum atomic E-state index is 12.1. The molecule has 0 aliphatic carbocycles. The van der Waals surface area contributed by atoms with Gasteiger partial charge in [-0.25, -0.2) is 4.79 Å². The number of primary amides is 1. The molecule has 0 aromatic heterocycles. The molecule has 0 fully saturated rings. The Morgan fingerprint density at radius 1 is 1.00 bits per heavy atom. The summed E-state index contributed by atoms with van der Waals surface area (Å²) in [7, 11) is 0.